The van der Waals surface area contributed by atoms with Crippen LogP contribution in [0.25, 0.3) is 6.08 Å². The van der Waals surface area contributed by atoms with Gasteiger partial charge in [-0.25, -0.2) is 8.42 Å². The molecule has 1 N–H and O–H groups in total. The Morgan fingerprint density at radius 1 is 1.17 bits per heavy atom. The smallest absolute Gasteiger partial charge is 0.744 e. The minimum absolute atomic E-state index is 0. The number of aliphatic carboxylic acids is 1. The van der Waals surface area contributed by atoms with Crippen molar-refractivity contribution in [3.05, 3.63) is 63.7 Å². The van der Waals surface area contributed by atoms with Gasteiger partial charge >= 0.3 is 59.1 Å². The van der Waals surface area contributed by atoms with Crippen molar-refractivity contribution in [2.45, 2.75) is 11.8 Å². The number of hydrazone groups is 1. The number of Topliss-reactive ketones (excluding diaryl/α,β-unsaturated/α-hetero) is 1. The fraction of sp³-hybridized carbons (Fsp3) is 0.0556. The van der Waals surface area contributed by atoms with Crippen LogP contribution in [0, 0.1) is 6.92 Å². The van der Waals surface area contributed by atoms with Crippen LogP contribution in [0.2, 0.25) is 5.02 Å². The number of hydrogen-bond acceptors (Lipinski definition) is 8. The summed E-state index contributed by atoms with van der Waals surface area (Å²) in [7, 11) is -4.89. The largest absolute Gasteiger partial charge is 1.00 e. The monoisotopic (exact) mass is 464 g/mol. The Morgan fingerprint density at radius 3 is 2.40 bits per heavy atom. The number of nitrogens with one attached hydrogen (secondary N) is 1. The van der Waals surface area contributed by atoms with Crippen molar-refractivity contribution in [2.75, 3.05) is 5.43 Å². The van der Waals surface area contributed by atoms with E-state index in [1.807, 2.05) is 0 Å². The molecule has 1 aliphatic carbocycles. The van der Waals surface area contributed by atoms with Crippen LogP contribution in [-0.2, 0) is 19.7 Å². The summed E-state index contributed by atoms with van der Waals surface area (Å²) in [4.78, 5) is 23.1. The summed E-state index contributed by atoms with van der Waals surface area (Å²) < 4.78 is 34.5. The molecule has 0 heterocycles. The Labute approximate surface area is 221 Å². The molecule has 0 aromatic heterocycles. The summed E-state index contributed by atoms with van der Waals surface area (Å²) in [5.41, 5.74) is 2.54. The van der Waals surface area contributed by atoms with Gasteiger partial charge in [-0.2, -0.15) is 5.10 Å². The SMILES string of the molecule is Cc1cc(N/N=C2\C(=O)C(C(=O)[O-])=Cc3ccccc32)c(S(=O)(=O)[O-])cc1Cl.[Na+].[Na+]. The number of ketones is 1. The molecular formula is C18H11ClN2Na2O6S. The van der Waals surface area contributed by atoms with Crippen molar-refractivity contribution < 1.29 is 86.8 Å². The normalized spacial score (nSPS) is 14.2. The molecule has 30 heavy (non-hydrogen) atoms. The van der Waals surface area contributed by atoms with Crippen LogP contribution >= 0.6 is 11.6 Å². The van der Waals surface area contributed by atoms with Crippen LogP contribution in [0.3, 0.4) is 0 Å². The van der Waals surface area contributed by atoms with Gasteiger partial charge in [0.25, 0.3) is 0 Å². The molecular weight excluding hydrogens is 454 g/mol. The molecule has 2 aromatic carbocycles. The van der Waals surface area contributed by atoms with Gasteiger partial charge in [-0.3, -0.25) is 10.2 Å². The van der Waals surface area contributed by atoms with Crippen molar-refractivity contribution in [2.24, 2.45) is 5.10 Å². The average Bonchev–Trinajstić information content (AvgIpc) is 2.61. The molecule has 2 aromatic rings. The molecule has 0 atom stereocenters. The Morgan fingerprint density at radius 2 is 1.80 bits per heavy atom. The van der Waals surface area contributed by atoms with Gasteiger partial charge in [0.2, 0.25) is 5.78 Å². The summed E-state index contributed by atoms with van der Waals surface area (Å²) >= 11 is 5.88. The van der Waals surface area contributed by atoms with E-state index in [4.69, 9.17) is 11.6 Å². The van der Waals surface area contributed by atoms with E-state index in [-0.39, 0.29) is 75.5 Å². The number of carboxylic acids is 1. The quantitative estimate of drug-likeness (QED) is 0.207. The van der Waals surface area contributed by atoms with E-state index in [2.05, 4.69) is 10.5 Å². The average molecular weight is 465 g/mol. The van der Waals surface area contributed by atoms with Crippen LogP contribution in [-0.4, -0.2) is 30.4 Å². The molecule has 0 unspecified atom stereocenters. The predicted molar refractivity (Wildman–Crippen MR) is 98.7 cm³/mol. The number of hydrogen-bond donors (Lipinski definition) is 1. The molecule has 0 aliphatic heterocycles. The number of benzene rings is 2. The van der Waals surface area contributed by atoms with E-state index in [0.717, 1.165) is 6.07 Å². The molecule has 8 nitrogen and oxygen atoms in total. The zero-order valence-corrected chi connectivity index (χ0v) is 21.8. The van der Waals surface area contributed by atoms with Gasteiger partial charge < -0.3 is 14.5 Å². The number of carbonyl (C=O) groups is 2. The fourth-order valence-electron chi connectivity index (χ4n) is 2.65. The number of fused-ring (bicyclic) bond motifs is 1. The molecule has 0 fully saturated rings. The van der Waals surface area contributed by atoms with Crippen LogP contribution in [0.5, 0.6) is 0 Å². The first-order valence-corrected chi connectivity index (χ1v) is 9.55. The molecule has 144 valence electrons. The third-order valence-corrected chi connectivity index (χ3v) is 5.30. The number of rotatable bonds is 4. The van der Waals surface area contributed by atoms with Crippen LogP contribution in [0.1, 0.15) is 16.7 Å². The van der Waals surface area contributed by atoms with Gasteiger partial charge in [0.1, 0.15) is 15.8 Å². The standard InChI is InChI=1S/C18H13ClN2O6S.2Na/c1-9-6-14(15(8-13(9)19)28(25,26)27)20-21-16-11-5-3-2-4-10(11)7-12(17(16)22)18(23)24;;/h2-8,20H,1H3,(H,23,24)(H,25,26,27);;/q;2*+1/p-2/b21-16-;;. The zero-order chi connectivity index (χ0) is 20.6. The molecule has 1 aliphatic rings. The first-order valence-electron chi connectivity index (χ1n) is 7.76. The molecule has 0 saturated carbocycles. The molecule has 0 bridgehead atoms. The van der Waals surface area contributed by atoms with E-state index < -0.39 is 32.3 Å². The number of anilines is 1. The van der Waals surface area contributed by atoms with Crippen molar-refractivity contribution in [3.8, 4) is 0 Å². The van der Waals surface area contributed by atoms with Crippen molar-refractivity contribution in [1.29, 1.82) is 0 Å². The van der Waals surface area contributed by atoms with Gasteiger partial charge in [0, 0.05) is 16.2 Å². The van der Waals surface area contributed by atoms with Crippen LogP contribution < -0.4 is 69.6 Å². The second-order valence-corrected chi connectivity index (χ2v) is 7.64. The molecule has 3 rings (SSSR count). The maximum Gasteiger partial charge on any atom is 1.00 e. The van der Waals surface area contributed by atoms with Crippen molar-refractivity contribution >= 4 is 50.9 Å². The van der Waals surface area contributed by atoms with E-state index in [9.17, 15) is 27.7 Å². The van der Waals surface area contributed by atoms with Crippen molar-refractivity contribution in [3.63, 3.8) is 0 Å². The van der Waals surface area contributed by atoms with Crippen LogP contribution in [0.15, 0.2) is 52.0 Å². The van der Waals surface area contributed by atoms with Crippen LogP contribution in [0.4, 0.5) is 5.69 Å². The zero-order valence-electron chi connectivity index (χ0n) is 16.2. The van der Waals surface area contributed by atoms with E-state index in [0.29, 0.717) is 16.7 Å². The van der Waals surface area contributed by atoms with Crippen molar-refractivity contribution in [1.82, 2.24) is 0 Å². The Bertz CT molecular complexity index is 1200. The van der Waals surface area contributed by atoms with E-state index >= 15 is 0 Å². The predicted octanol–water partition coefficient (Wildman–Crippen LogP) is -4.91. The first-order chi connectivity index (χ1) is 13.1. The number of nitrogens with zero attached hydrogens (tertiary/aromatic N) is 1. The number of carboxylic acid groups (broad SMARTS) is 1. The molecule has 0 radical (unpaired) electrons. The first kappa shape index (κ1) is 27.0. The number of halogens is 1. The summed E-state index contributed by atoms with van der Waals surface area (Å²) in [5, 5.41) is 15.2. The summed E-state index contributed by atoms with van der Waals surface area (Å²) in [5.74, 6) is -2.58. The van der Waals surface area contributed by atoms with E-state index in [1.165, 1.54) is 12.1 Å². The Kier molecular flexibility index (Phi) is 9.49. The fourth-order valence-corrected chi connectivity index (χ4v) is 3.51. The Hall–Kier alpha value is -1.01. The van der Waals surface area contributed by atoms with Gasteiger partial charge in [-0.15, -0.1) is 0 Å². The maximum atomic E-state index is 12.5. The molecule has 12 heteroatoms. The van der Waals surface area contributed by atoms with Gasteiger partial charge in [0.15, 0.2) is 0 Å². The maximum absolute atomic E-state index is 12.5. The topological polar surface area (TPSA) is 139 Å². The minimum atomic E-state index is -4.89. The van der Waals surface area contributed by atoms with Gasteiger partial charge in [-0.1, -0.05) is 35.9 Å². The minimum Gasteiger partial charge on any atom is -0.744 e. The number of carbonyl (C=O) groups excluding carboxylic acids is 2. The molecule has 0 spiro atoms. The summed E-state index contributed by atoms with van der Waals surface area (Å²) in [6.45, 7) is 1.58. The van der Waals surface area contributed by atoms with Gasteiger partial charge in [-0.05, 0) is 36.3 Å². The third kappa shape index (κ3) is 5.61. The second kappa shape index (κ2) is 10.5. The number of aryl methyl sites for hydroxylation is 1. The third-order valence-electron chi connectivity index (χ3n) is 4.01. The second-order valence-electron chi connectivity index (χ2n) is 5.89. The Balaban J connectivity index is 0.00000225. The molecule has 0 amide bonds. The summed E-state index contributed by atoms with van der Waals surface area (Å²) in [6, 6.07) is 8.67. The van der Waals surface area contributed by atoms with E-state index in [1.54, 1.807) is 31.2 Å². The summed E-state index contributed by atoms with van der Waals surface area (Å²) in [6.07, 6.45) is 1.17. The van der Waals surface area contributed by atoms with Gasteiger partial charge in [0.05, 0.1) is 16.6 Å². The molecule has 0 saturated heterocycles.